The van der Waals surface area contributed by atoms with Gasteiger partial charge in [-0.25, -0.2) is 27.2 Å². The van der Waals surface area contributed by atoms with Crippen molar-refractivity contribution in [3.05, 3.63) is 70.6 Å². The first-order chi connectivity index (χ1) is 17.0. The number of sulfonamides is 1. The lowest BCUT2D eigenvalue weighted by atomic mass is 9.94. The average molecular weight is 532 g/mol. The third-order valence-electron chi connectivity index (χ3n) is 5.68. The highest BCUT2D eigenvalue weighted by Crippen LogP contribution is 2.40. The van der Waals surface area contributed by atoms with Gasteiger partial charge in [0.1, 0.15) is 11.6 Å². The highest BCUT2D eigenvalue weighted by Gasteiger charge is 2.24. The highest BCUT2D eigenvalue weighted by molar-refractivity contribution is 7.92. The third-order valence-corrected chi connectivity index (χ3v) is 6.56. The summed E-state index contributed by atoms with van der Waals surface area (Å²) in [5.41, 5.74) is 10.2. The molecule has 13 heteroatoms. The molecule has 0 saturated carbocycles. The Labute approximate surface area is 209 Å². The fraction of sp³-hybridized carbons (Fsp3) is 0.174. The number of anilines is 1. The van der Waals surface area contributed by atoms with E-state index in [1.165, 1.54) is 23.1 Å². The Hall–Kier alpha value is -3.61. The lowest BCUT2D eigenvalue weighted by Crippen LogP contribution is -2.17. The number of benzene rings is 2. The minimum atomic E-state index is -3.63. The molecule has 0 aliphatic heterocycles. The first-order valence-electron chi connectivity index (χ1n) is 10.7. The summed E-state index contributed by atoms with van der Waals surface area (Å²) in [4.78, 5) is 11.9. The van der Waals surface area contributed by atoms with Gasteiger partial charge in [-0.3, -0.25) is 9.40 Å². The molecule has 1 unspecified atom stereocenters. The second kappa shape index (κ2) is 8.80. The van der Waals surface area contributed by atoms with Crippen LogP contribution in [0.2, 0.25) is 5.02 Å². The zero-order valence-corrected chi connectivity index (χ0v) is 20.6. The van der Waals surface area contributed by atoms with E-state index < -0.39 is 27.7 Å². The van der Waals surface area contributed by atoms with Crippen molar-refractivity contribution in [2.24, 2.45) is 12.8 Å². The number of aromatic amines is 1. The molecule has 0 aliphatic rings. The highest BCUT2D eigenvalue weighted by atomic mass is 35.5. The van der Waals surface area contributed by atoms with E-state index in [1.54, 1.807) is 19.2 Å². The number of halogens is 3. The van der Waals surface area contributed by atoms with E-state index in [0.717, 1.165) is 12.3 Å². The third kappa shape index (κ3) is 4.50. The Kier molecular flexibility index (Phi) is 5.89. The monoisotopic (exact) mass is 531 g/mol. The van der Waals surface area contributed by atoms with Crippen molar-refractivity contribution in [2.75, 3.05) is 11.0 Å². The van der Waals surface area contributed by atoms with Crippen LogP contribution in [0.1, 0.15) is 17.3 Å². The zero-order chi connectivity index (χ0) is 25.8. The molecule has 5 rings (SSSR count). The largest absolute Gasteiger partial charge is 0.343 e. The van der Waals surface area contributed by atoms with Crippen LogP contribution in [0.15, 0.2) is 42.7 Å². The molecule has 1 atom stereocenters. The van der Waals surface area contributed by atoms with E-state index in [1.807, 2.05) is 6.07 Å². The maximum Gasteiger partial charge on any atom is 0.231 e. The Morgan fingerprint density at radius 2 is 1.89 bits per heavy atom. The standard InChI is InChI=1S/C23H20ClF2N7O2S/c1-33-21-14(3-4-16(24)19(21)23(31-33)32-36(2,34)35)15-9-18-22(29-10-28-18)30-20(15)17(27)7-11-5-12(25)8-13(26)6-11/h3-6,8-10,17H,7,27H2,1-2H3,(H,31,32)(H,28,29,30). The number of fused-ring (bicyclic) bond motifs is 2. The Bertz CT molecular complexity index is 1730. The predicted octanol–water partition coefficient (Wildman–Crippen LogP) is 4.06. The van der Waals surface area contributed by atoms with Gasteiger partial charge in [0.15, 0.2) is 11.5 Å². The van der Waals surface area contributed by atoms with Crippen molar-refractivity contribution in [3.63, 3.8) is 0 Å². The van der Waals surface area contributed by atoms with Crippen LogP contribution in [0.5, 0.6) is 0 Å². The molecule has 0 fully saturated rings. The summed E-state index contributed by atoms with van der Waals surface area (Å²) in [5.74, 6) is -1.32. The minimum Gasteiger partial charge on any atom is -0.343 e. The molecule has 3 heterocycles. The minimum absolute atomic E-state index is 0.0820. The summed E-state index contributed by atoms with van der Waals surface area (Å²) in [6, 6.07) is 7.69. The van der Waals surface area contributed by atoms with E-state index in [2.05, 4.69) is 24.8 Å². The van der Waals surface area contributed by atoms with Gasteiger partial charge >= 0.3 is 0 Å². The van der Waals surface area contributed by atoms with E-state index in [4.69, 9.17) is 17.3 Å². The fourth-order valence-electron chi connectivity index (χ4n) is 4.31. The molecule has 0 bridgehead atoms. The lowest BCUT2D eigenvalue weighted by molar-refractivity contribution is 0.576. The number of nitrogens with one attached hydrogen (secondary N) is 2. The van der Waals surface area contributed by atoms with Gasteiger partial charge in [0.25, 0.3) is 0 Å². The van der Waals surface area contributed by atoms with E-state index in [-0.39, 0.29) is 12.2 Å². The van der Waals surface area contributed by atoms with Crippen LogP contribution in [0.4, 0.5) is 14.6 Å². The van der Waals surface area contributed by atoms with Gasteiger partial charge in [0, 0.05) is 24.2 Å². The van der Waals surface area contributed by atoms with Crippen molar-refractivity contribution < 1.29 is 17.2 Å². The van der Waals surface area contributed by atoms with Crippen molar-refractivity contribution >= 4 is 49.5 Å². The summed E-state index contributed by atoms with van der Waals surface area (Å²) < 4.78 is 55.3. The maximum atomic E-state index is 13.8. The van der Waals surface area contributed by atoms with E-state index in [0.29, 0.717) is 49.5 Å². The number of aryl methyl sites for hydroxylation is 1. The van der Waals surface area contributed by atoms with Crippen LogP contribution >= 0.6 is 11.6 Å². The van der Waals surface area contributed by atoms with Crippen molar-refractivity contribution in [1.29, 1.82) is 0 Å². The van der Waals surface area contributed by atoms with Crippen LogP contribution in [-0.2, 0) is 23.5 Å². The first-order valence-corrected chi connectivity index (χ1v) is 12.9. The summed E-state index contributed by atoms with van der Waals surface area (Å²) in [7, 11) is -1.97. The number of imidazole rings is 1. The molecule has 5 aromatic rings. The summed E-state index contributed by atoms with van der Waals surface area (Å²) in [6.07, 6.45) is 2.62. The Balaban J connectivity index is 1.72. The number of pyridine rings is 1. The SMILES string of the molecule is Cn1nc(NS(C)(=O)=O)c2c(Cl)ccc(-c3cc4[nH]cnc4nc3C(N)Cc3cc(F)cc(F)c3)c21. The molecule has 2 aromatic carbocycles. The fourth-order valence-corrected chi connectivity index (χ4v) is 5.04. The van der Waals surface area contributed by atoms with Crippen LogP contribution in [0, 0.1) is 11.6 Å². The number of hydrogen-bond donors (Lipinski definition) is 3. The predicted molar refractivity (Wildman–Crippen MR) is 134 cm³/mol. The molecule has 0 saturated heterocycles. The van der Waals surface area contributed by atoms with Gasteiger partial charge in [0.05, 0.1) is 45.8 Å². The topological polar surface area (TPSA) is 132 Å². The quantitative estimate of drug-likeness (QED) is 0.303. The van der Waals surface area contributed by atoms with Gasteiger partial charge in [-0.2, -0.15) is 5.10 Å². The number of nitrogens with two attached hydrogens (primary N) is 1. The second-order valence-electron chi connectivity index (χ2n) is 8.45. The lowest BCUT2D eigenvalue weighted by Gasteiger charge is -2.17. The molecule has 0 amide bonds. The molecule has 9 nitrogen and oxygen atoms in total. The van der Waals surface area contributed by atoms with Crippen molar-refractivity contribution in [2.45, 2.75) is 12.5 Å². The molecule has 3 aromatic heterocycles. The van der Waals surface area contributed by atoms with Crippen LogP contribution in [0.25, 0.3) is 33.2 Å². The zero-order valence-electron chi connectivity index (χ0n) is 19.1. The molecular weight excluding hydrogens is 512 g/mol. The average Bonchev–Trinajstić information content (AvgIpc) is 3.35. The molecule has 0 spiro atoms. The normalized spacial score (nSPS) is 12.9. The van der Waals surface area contributed by atoms with E-state index in [9.17, 15) is 17.2 Å². The number of hydrogen-bond acceptors (Lipinski definition) is 6. The maximum absolute atomic E-state index is 13.8. The molecule has 186 valence electrons. The first kappa shape index (κ1) is 24.1. The summed E-state index contributed by atoms with van der Waals surface area (Å²) in [5, 5.41) is 5.02. The van der Waals surface area contributed by atoms with Gasteiger partial charge in [-0.05, 0) is 36.2 Å². The smallest absolute Gasteiger partial charge is 0.231 e. The molecular formula is C23H20ClF2N7O2S. The number of H-pyrrole nitrogens is 1. The van der Waals surface area contributed by atoms with Crippen molar-refractivity contribution in [3.8, 4) is 11.1 Å². The van der Waals surface area contributed by atoms with Crippen molar-refractivity contribution in [1.82, 2.24) is 24.7 Å². The summed E-state index contributed by atoms with van der Waals surface area (Å²) >= 11 is 6.47. The molecule has 36 heavy (non-hydrogen) atoms. The van der Waals surface area contributed by atoms with Gasteiger partial charge in [-0.15, -0.1) is 0 Å². The van der Waals surface area contributed by atoms with Gasteiger partial charge in [-0.1, -0.05) is 17.7 Å². The summed E-state index contributed by atoms with van der Waals surface area (Å²) in [6.45, 7) is 0. The molecule has 4 N–H and O–H groups in total. The van der Waals surface area contributed by atoms with Gasteiger partial charge < -0.3 is 10.7 Å². The van der Waals surface area contributed by atoms with Crippen LogP contribution in [-0.4, -0.2) is 39.4 Å². The Morgan fingerprint density at radius 3 is 2.58 bits per heavy atom. The number of rotatable bonds is 6. The molecule has 0 radical (unpaired) electrons. The number of aromatic nitrogens is 5. The van der Waals surface area contributed by atoms with Crippen LogP contribution in [0.3, 0.4) is 0 Å². The second-order valence-corrected chi connectivity index (χ2v) is 10.6. The number of nitrogens with zero attached hydrogens (tertiary/aromatic N) is 4. The Morgan fingerprint density at radius 1 is 1.17 bits per heavy atom. The molecule has 0 aliphatic carbocycles. The van der Waals surface area contributed by atoms with Crippen LogP contribution < -0.4 is 10.5 Å². The van der Waals surface area contributed by atoms with E-state index >= 15 is 0 Å². The van der Waals surface area contributed by atoms with Gasteiger partial charge in [0.2, 0.25) is 10.0 Å².